The molecule has 0 radical (unpaired) electrons. The van der Waals surface area contributed by atoms with Crippen molar-refractivity contribution < 1.29 is 14.3 Å². The predicted molar refractivity (Wildman–Crippen MR) is 104 cm³/mol. The molecule has 0 fully saturated rings. The summed E-state index contributed by atoms with van der Waals surface area (Å²) in [6, 6.07) is 13.4. The summed E-state index contributed by atoms with van der Waals surface area (Å²) < 4.78 is 13.2. The number of rotatable bonds is 6. The fraction of sp³-hybridized carbons (Fsp3) is 0.333. The molecule has 1 aliphatic rings. The van der Waals surface area contributed by atoms with Crippen LogP contribution in [0.4, 0.5) is 0 Å². The molecule has 28 heavy (non-hydrogen) atoms. The number of nitrogens with zero attached hydrogens (tertiary/aromatic N) is 3. The van der Waals surface area contributed by atoms with Crippen LogP contribution in [0, 0.1) is 0 Å². The van der Waals surface area contributed by atoms with Crippen LogP contribution in [0.15, 0.2) is 48.7 Å². The zero-order chi connectivity index (χ0) is 19.5. The number of aromatic amines is 1. The van der Waals surface area contributed by atoms with Crippen molar-refractivity contribution in [1.29, 1.82) is 0 Å². The highest BCUT2D eigenvalue weighted by Crippen LogP contribution is 2.30. The van der Waals surface area contributed by atoms with E-state index >= 15 is 0 Å². The van der Waals surface area contributed by atoms with E-state index in [0.717, 1.165) is 24.4 Å². The lowest BCUT2D eigenvalue weighted by Gasteiger charge is -2.36. The molecule has 0 saturated carbocycles. The van der Waals surface area contributed by atoms with Crippen LogP contribution < -0.4 is 9.47 Å². The largest absolute Gasteiger partial charge is 0.497 e. The molecular formula is C21H24N4O3. The molecule has 0 aliphatic carbocycles. The Hall–Kier alpha value is -3.22. The molecule has 146 valence electrons. The van der Waals surface area contributed by atoms with E-state index in [1.165, 1.54) is 5.69 Å². The maximum Gasteiger partial charge on any atom is 0.274 e. The van der Waals surface area contributed by atoms with Crippen LogP contribution in [0.5, 0.6) is 11.5 Å². The summed E-state index contributed by atoms with van der Waals surface area (Å²) in [6.07, 6.45) is 2.94. The Kier molecular flexibility index (Phi) is 5.06. The number of hydrogen-bond acceptors (Lipinski definition) is 4. The van der Waals surface area contributed by atoms with Crippen molar-refractivity contribution in [3.63, 3.8) is 0 Å². The first kappa shape index (κ1) is 18.2. The van der Waals surface area contributed by atoms with E-state index < -0.39 is 0 Å². The first-order valence-corrected chi connectivity index (χ1v) is 9.46. The number of benzene rings is 1. The van der Waals surface area contributed by atoms with Gasteiger partial charge in [0.1, 0.15) is 18.1 Å². The van der Waals surface area contributed by atoms with Gasteiger partial charge in [-0.15, -0.1) is 0 Å². The first-order chi connectivity index (χ1) is 13.7. The third-order valence-electron chi connectivity index (χ3n) is 5.10. The van der Waals surface area contributed by atoms with Gasteiger partial charge in [0.2, 0.25) is 0 Å². The normalized spacial score (nSPS) is 15.9. The zero-order valence-corrected chi connectivity index (χ0v) is 16.1. The average Bonchev–Trinajstić information content (AvgIpc) is 3.40. The maximum atomic E-state index is 13.0. The lowest BCUT2D eigenvalue weighted by molar-refractivity contribution is 0.0611. The number of ether oxygens (including phenoxy) is 2. The van der Waals surface area contributed by atoms with E-state index in [1.54, 1.807) is 13.2 Å². The van der Waals surface area contributed by atoms with E-state index in [0.29, 0.717) is 24.6 Å². The summed E-state index contributed by atoms with van der Waals surface area (Å²) >= 11 is 0. The smallest absolute Gasteiger partial charge is 0.274 e. The standard InChI is InChI=1S/C21H24N4O3/c1-3-19-20-8-5-9-24(20)10-11-25(19)21(26)18-12-15(22-23-18)14-28-17-7-4-6-16(13-17)27-2/h4-9,12-13,19H,3,10-11,14H2,1-2H3,(H,22,23). The molecule has 0 saturated heterocycles. The average molecular weight is 380 g/mol. The number of hydrogen-bond donors (Lipinski definition) is 1. The molecule has 1 amide bonds. The Balaban J connectivity index is 1.44. The Morgan fingerprint density at radius 1 is 1.21 bits per heavy atom. The van der Waals surface area contributed by atoms with Crippen LogP contribution in [0.25, 0.3) is 0 Å². The molecule has 4 rings (SSSR count). The lowest BCUT2D eigenvalue weighted by Crippen LogP contribution is -2.41. The molecule has 0 bridgehead atoms. The molecule has 7 nitrogen and oxygen atoms in total. The minimum atomic E-state index is -0.0526. The SMILES string of the molecule is CCC1c2cccn2CCN1C(=O)c1cc(COc2cccc(OC)c2)[nH]n1. The lowest BCUT2D eigenvalue weighted by atomic mass is 10.1. The minimum absolute atomic E-state index is 0.0526. The van der Waals surface area contributed by atoms with Gasteiger partial charge in [-0.3, -0.25) is 9.89 Å². The number of carbonyl (C=O) groups excluding carboxylic acids is 1. The van der Waals surface area contributed by atoms with Crippen LogP contribution in [-0.2, 0) is 13.2 Å². The van der Waals surface area contributed by atoms with Gasteiger partial charge in [0.15, 0.2) is 5.69 Å². The minimum Gasteiger partial charge on any atom is -0.497 e. The molecule has 1 unspecified atom stereocenters. The quantitative estimate of drug-likeness (QED) is 0.711. The van der Waals surface area contributed by atoms with Crippen LogP contribution in [0.3, 0.4) is 0 Å². The van der Waals surface area contributed by atoms with E-state index in [1.807, 2.05) is 35.2 Å². The Morgan fingerprint density at radius 2 is 2.07 bits per heavy atom. The molecule has 1 aliphatic heterocycles. The van der Waals surface area contributed by atoms with Gasteiger partial charge in [-0.2, -0.15) is 5.10 Å². The predicted octanol–water partition coefficient (Wildman–Crippen LogP) is 3.41. The molecule has 1 atom stereocenters. The van der Waals surface area contributed by atoms with E-state index in [-0.39, 0.29) is 11.9 Å². The molecular weight excluding hydrogens is 356 g/mol. The van der Waals surface area contributed by atoms with Crippen molar-refractivity contribution in [3.05, 3.63) is 65.7 Å². The van der Waals surface area contributed by atoms with Crippen LogP contribution >= 0.6 is 0 Å². The Labute approximate surface area is 163 Å². The Bertz CT molecular complexity index is 962. The Morgan fingerprint density at radius 3 is 2.89 bits per heavy atom. The molecule has 3 heterocycles. The summed E-state index contributed by atoms with van der Waals surface area (Å²) in [4.78, 5) is 15.0. The third-order valence-corrected chi connectivity index (χ3v) is 5.10. The number of fused-ring (bicyclic) bond motifs is 1. The third kappa shape index (κ3) is 3.47. The van der Waals surface area contributed by atoms with Gasteiger partial charge >= 0.3 is 0 Å². The number of nitrogens with one attached hydrogen (secondary N) is 1. The van der Waals surface area contributed by atoms with Crippen molar-refractivity contribution >= 4 is 5.91 Å². The number of methoxy groups -OCH3 is 1. The van der Waals surface area contributed by atoms with Gasteiger partial charge in [0.25, 0.3) is 5.91 Å². The van der Waals surface area contributed by atoms with E-state index in [9.17, 15) is 4.79 Å². The number of aromatic nitrogens is 3. The van der Waals surface area contributed by atoms with E-state index in [2.05, 4.69) is 34.0 Å². The number of carbonyl (C=O) groups is 1. The van der Waals surface area contributed by atoms with Gasteiger partial charge in [0, 0.05) is 31.0 Å². The zero-order valence-electron chi connectivity index (χ0n) is 16.1. The second kappa shape index (κ2) is 7.80. The highest BCUT2D eigenvalue weighted by molar-refractivity contribution is 5.92. The summed E-state index contributed by atoms with van der Waals surface area (Å²) in [6.45, 7) is 3.89. The van der Waals surface area contributed by atoms with E-state index in [4.69, 9.17) is 9.47 Å². The highest BCUT2D eigenvalue weighted by Gasteiger charge is 2.31. The molecule has 1 aromatic carbocycles. The van der Waals surface area contributed by atoms with Crippen molar-refractivity contribution in [2.24, 2.45) is 0 Å². The summed E-state index contributed by atoms with van der Waals surface area (Å²) in [5.41, 5.74) is 2.35. The first-order valence-electron chi connectivity index (χ1n) is 9.46. The second-order valence-electron chi connectivity index (χ2n) is 6.80. The van der Waals surface area contributed by atoms with Gasteiger partial charge in [0.05, 0.1) is 18.8 Å². The van der Waals surface area contributed by atoms with Crippen molar-refractivity contribution in [3.8, 4) is 11.5 Å². The van der Waals surface area contributed by atoms with Gasteiger partial charge in [-0.25, -0.2) is 0 Å². The monoisotopic (exact) mass is 380 g/mol. The molecule has 3 aromatic rings. The van der Waals surface area contributed by atoms with Crippen molar-refractivity contribution in [2.75, 3.05) is 13.7 Å². The summed E-state index contributed by atoms with van der Waals surface area (Å²) in [7, 11) is 1.62. The topological polar surface area (TPSA) is 72.4 Å². The maximum absolute atomic E-state index is 13.0. The number of amides is 1. The fourth-order valence-electron chi connectivity index (χ4n) is 3.68. The van der Waals surface area contributed by atoms with Crippen molar-refractivity contribution in [1.82, 2.24) is 19.7 Å². The molecule has 2 aromatic heterocycles. The van der Waals surface area contributed by atoms with Gasteiger partial charge in [-0.1, -0.05) is 13.0 Å². The van der Waals surface area contributed by atoms with Gasteiger partial charge < -0.3 is 18.9 Å². The summed E-state index contributed by atoms with van der Waals surface area (Å²) in [5, 5.41) is 7.13. The highest BCUT2D eigenvalue weighted by atomic mass is 16.5. The second-order valence-corrected chi connectivity index (χ2v) is 6.80. The van der Waals surface area contributed by atoms with Crippen LogP contribution in [-0.4, -0.2) is 39.2 Å². The molecule has 7 heteroatoms. The van der Waals surface area contributed by atoms with Crippen molar-refractivity contribution in [2.45, 2.75) is 32.5 Å². The summed E-state index contributed by atoms with van der Waals surface area (Å²) in [5.74, 6) is 1.38. The molecule has 1 N–H and O–H groups in total. The molecule has 0 spiro atoms. The van der Waals surface area contributed by atoms with Crippen LogP contribution in [0.2, 0.25) is 0 Å². The van der Waals surface area contributed by atoms with Gasteiger partial charge in [-0.05, 0) is 36.8 Å². The van der Waals surface area contributed by atoms with Crippen LogP contribution in [0.1, 0.15) is 41.3 Å². The number of H-pyrrole nitrogens is 1. The fourth-order valence-corrected chi connectivity index (χ4v) is 3.68.